The molecule has 0 spiro atoms. The Balaban J connectivity index is 1.78. The summed E-state index contributed by atoms with van der Waals surface area (Å²) in [6.07, 6.45) is 5.97. The van der Waals surface area contributed by atoms with Crippen molar-refractivity contribution in [2.24, 2.45) is 11.8 Å². The summed E-state index contributed by atoms with van der Waals surface area (Å²) in [5.74, 6) is 2.79. The molecular formula is C12H17N3O. The molecule has 1 aliphatic carbocycles. The van der Waals surface area contributed by atoms with Crippen molar-refractivity contribution < 1.29 is 4.74 Å². The molecule has 2 heterocycles. The zero-order valence-electron chi connectivity index (χ0n) is 9.59. The molecule has 2 fully saturated rings. The molecule has 0 N–H and O–H groups in total. The second-order valence-electron chi connectivity index (χ2n) is 4.76. The van der Waals surface area contributed by atoms with Crippen molar-refractivity contribution in [3.8, 4) is 6.01 Å². The summed E-state index contributed by atoms with van der Waals surface area (Å²) in [6, 6.07) is 2.44. The molecule has 4 heteroatoms. The van der Waals surface area contributed by atoms with E-state index in [4.69, 9.17) is 4.74 Å². The molecule has 16 heavy (non-hydrogen) atoms. The van der Waals surface area contributed by atoms with Crippen LogP contribution in [0, 0.1) is 11.8 Å². The normalized spacial score (nSPS) is 28.2. The van der Waals surface area contributed by atoms with Crippen LogP contribution in [-0.2, 0) is 0 Å². The molecule has 1 saturated heterocycles. The van der Waals surface area contributed by atoms with Crippen LogP contribution in [-0.4, -0.2) is 30.2 Å². The fourth-order valence-electron chi connectivity index (χ4n) is 3.03. The molecule has 1 aromatic rings. The van der Waals surface area contributed by atoms with Gasteiger partial charge in [-0.1, -0.05) is 6.42 Å². The predicted octanol–water partition coefficient (Wildman–Crippen LogP) is 1.72. The first-order valence-corrected chi connectivity index (χ1v) is 5.99. The number of ether oxygens (including phenoxy) is 1. The second kappa shape index (κ2) is 3.92. The van der Waals surface area contributed by atoms with Gasteiger partial charge in [0.05, 0.1) is 7.11 Å². The van der Waals surface area contributed by atoms with Crippen LogP contribution >= 0.6 is 0 Å². The van der Waals surface area contributed by atoms with Crippen molar-refractivity contribution in [1.29, 1.82) is 0 Å². The van der Waals surface area contributed by atoms with E-state index in [1.54, 1.807) is 13.3 Å². The van der Waals surface area contributed by atoms with Gasteiger partial charge in [-0.3, -0.25) is 0 Å². The largest absolute Gasteiger partial charge is 0.467 e. The molecule has 3 rings (SSSR count). The van der Waals surface area contributed by atoms with Crippen LogP contribution in [0.4, 0.5) is 5.82 Å². The number of fused-ring (bicyclic) bond motifs is 1. The fraction of sp³-hybridized carbons (Fsp3) is 0.667. The van der Waals surface area contributed by atoms with Gasteiger partial charge >= 0.3 is 6.01 Å². The molecule has 0 bridgehead atoms. The van der Waals surface area contributed by atoms with Crippen molar-refractivity contribution in [1.82, 2.24) is 9.97 Å². The minimum Gasteiger partial charge on any atom is -0.467 e. The predicted molar refractivity (Wildman–Crippen MR) is 61.6 cm³/mol. The molecule has 0 unspecified atom stereocenters. The number of hydrogen-bond donors (Lipinski definition) is 0. The monoisotopic (exact) mass is 219 g/mol. The summed E-state index contributed by atoms with van der Waals surface area (Å²) in [5.41, 5.74) is 0. The number of rotatable bonds is 2. The molecule has 0 radical (unpaired) electrons. The lowest BCUT2D eigenvalue weighted by Gasteiger charge is -2.18. The summed E-state index contributed by atoms with van der Waals surface area (Å²) in [7, 11) is 1.61. The van der Waals surface area contributed by atoms with Gasteiger partial charge in [-0.05, 0) is 30.7 Å². The first-order chi connectivity index (χ1) is 7.86. The fourth-order valence-corrected chi connectivity index (χ4v) is 3.03. The van der Waals surface area contributed by atoms with Crippen molar-refractivity contribution in [3.05, 3.63) is 12.3 Å². The number of hydrogen-bond acceptors (Lipinski definition) is 4. The van der Waals surface area contributed by atoms with Crippen LogP contribution < -0.4 is 9.64 Å². The molecule has 1 aromatic heterocycles. The molecule has 0 amide bonds. The van der Waals surface area contributed by atoms with E-state index in [0.29, 0.717) is 6.01 Å². The Bertz CT molecular complexity index is 370. The maximum absolute atomic E-state index is 5.06. The van der Waals surface area contributed by atoms with Gasteiger partial charge in [0.15, 0.2) is 0 Å². The van der Waals surface area contributed by atoms with Crippen molar-refractivity contribution in [2.75, 3.05) is 25.1 Å². The molecule has 0 aromatic carbocycles. The van der Waals surface area contributed by atoms with E-state index in [0.717, 1.165) is 30.7 Å². The topological polar surface area (TPSA) is 38.2 Å². The van der Waals surface area contributed by atoms with Gasteiger partial charge < -0.3 is 9.64 Å². The number of aromatic nitrogens is 2. The van der Waals surface area contributed by atoms with Crippen LogP contribution in [0.2, 0.25) is 0 Å². The van der Waals surface area contributed by atoms with Crippen LogP contribution in [0.3, 0.4) is 0 Å². The highest BCUT2D eigenvalue weighted by atomic mass is 16.5. The van der Waals surface area contributed by atoms with Gasteiger partial charge in [-0.2, -0.15) is 4.98 Å². The lowest BCUT2D eigenvalue weighted by molar-refractivity contribution is 0.380. The highest BCUT2D eigenvalue weighted by Crippen LogP contribution is 2.39. The Labute approximate surface area is 95.7 Å². The van der Waals surface area contributed by atoms with E-state index >= 15 is 0 Å². The van der Waals surface area contributed by atoms with Crippen LogP contribution in [0.15, 0.2) is 12.3 Å². The van der Waals surface area contributed by atoms with Crippen LogP contribution in [0.5, 0.6) is 6.01 Å². The Morgan fingerprint density at radius 1 is 1.31 bits per heavy atom. The third kappa shape index (κ3) is 1.62. The van der Waals surface area contributed by atoms with Crippen LogP contribution in [0.25, 0.3) is 0 Å². The SMILES string of the molecule is COc1nccc(N2C[C@H]3CCC[C@H]3C2)n1. The molecule has 86 valence electrons. The van der Waals surface area contributed by atoms with Crippen molar-refractivity contribution >= 4 is 5.82 Å². The standard InChI is InChI=1S/C12H17N3O/c1-16-12-13-6-5-11(14-12)15-7-9-3-2-4-10(9)8-15/h5-6,9-10H,2-4,7-8H2,1H3/t9-,10+. The third-order valence-corrected chi connectivity index (χ3v) is 3.85. The third-order valence-electron chi connectivity index (χ3n) is 3.85. The van der Waals surface area contributed by atoms with E-state index in [-0.39, 0.29) is 0 Å². The second-order valence-corrected chi connectivity index (χ2v) is 4.76. The lowest BCUT2D eigenvalue weighted by Crippen LogP contribution is -2.22. The quantitative estimate of drug-likeness (QED) is 0.759. The highest BCUT2D eigenvalue weighted by molar-refractivity contribution is 5.40. The average molecular weight is 219 g/mol. The first-order valence-electron chi connectivity index (χ1n) is 5.99. The summed E-state index contributed by atoms with van der Waals surface area (Å²) >= 11 is 0. The van der Waals surface area contributed by atoms with Gasteiger partial charge in [0.25, 0.3) is 0 Å². The van der Waals surface area contributed by atoms with E-state index in [1.165, 1.54) is 19.3 Å². The van der Waals surface area contributed by atoms with Crippen LogP contribution in [0.1, 0.15) is 19.3 Å². The summed E-state index contributed by atoms with van der Waals surface area (Å²) in [5, 5.41) is 0. The first kappa shape index (κ1) is 9.87. The summed E-state index contributed by atoms with van der Waals surface area (Å²) in [4.78, 5) is 10.8. The summed E-state index contributed by atoms with van der Waals surface area (Å²) < 4.78 is 5.06. The van der Waals surface area contributed by atoms with E-state index in [9.17, 15) is 0 Å². The zero-order valence-corrected chi connectivity index (χ0v) is 9.59. The Morgan fingerprint density at radius 2 is 2.06 bits per heavy atom. The lowest BCUT2D eigenvalue weighted by atomic mass is 10.0. The molecule has 2 atom stereocenters. The number of methoxy groups -OCH3 is 1. The molecule has 1 aliphatic heterocycles. The minimum atomic E-state index is 0.467. The van der Waals surface area contributed by atoms with Gasteiger partial charge in [0.1, 0.15) is 5.82 Å². The molecule has 2 aliphatic rings. The molecule has 1 saturated carbocycles. The smallest absolute Gasteiger partial charge is 0.318 e. The Kier molecular flexibility index (Phi) is 2.42. The molecule has 4 nitrogen and oxygen atoms in total. The maximum Gasteiger partial charge on any atom is 0.318 e. The van der Waals surface area contributed by atoms with Gasteiger partial charge in [-0.15, -0.1) is 0 Å². The maximum atomic E-state index is 5.06. The van der Waals surface area contributed by atoms with Gasteiger partial charge in [0, 0.05) is 19.3 Å². The average Bonchev–Trinajstić information content (AvgIpc) is 2.89. The zero-order chi connectivity index (χ0) is 11.0. The van der Waals surface area contributed by atoms with Crippen molar-refractivity contribution in [2.45, 2.75) is 19.3 Å². The van der Waals surface area contributed by atoms with E-state index in [1.807, 2.05) is 6.07 Å². The molecular weight excluding hydrogens is 202 g/mol. The van der Waals surface area contributed by atoms with Gasteiger partial charge in [-0.25, -0.2) is 4.98 Å². The summed E-state index contributed by atoms with van der Waals surface area (Å²) in [6.45, 7) is 2.32. The highest BCUT2D eigenvalue weighted by Gasteiger charge is 2.36. The van der Waals surface area contributed by atoms with E-state index in [2.05, 4.69) is 14.9 Å². The van der Waals surface area contributed by atoms with Crippen molar-refractivity contribution in [3.63, 3.8) is 0 Å². The number of nitrogens with zero attached hydrogens (tertiary/aromatic N) is 3. The Morgan fingerprint density at radius 3 is 2.75 bits per heavy atom. The Hall–Kier alpha value is -1.32. The number of anilines is 1. The minimum absolute atomic E-state index is 0.467. The van der Waals surface area contributed by atoms with Gasteiger partial charge in [0.2, 0.25) is 0 Å². The van der Waals surface area contributed by atoms with E-state index < -0.39 is 0 Å².